The van der Waals surface area contributed by atoms with E-state index in [1.165, 1.54) is 6.92 Å². The van der Waals surface area contributed by atoms with Gasteiger partial charge in [0.2, 0.25) is 5.78 Å². The monoisotopic (exact) mass is 216 g/mol. The Morgan fingerprint density at radius 1 is 1.33 bits per heavy atom. The number of unbranched alkanes of at least 4 members (excludes halogenated alkanes) is 1. The molecule has 6 heteroatoms. The molecule has 1 atom stereocenters. The number of Topliss-reactive ketones (excluding diaryl/α,β-unsaturated/α-hetero) is 1. The minimum Gasteiger partial charge on any atom is -0.480 e. The quantitative estimate of drug-likeness (QED) is 0.384. The molecule has 1 unspecified atom stereocenters. The number of carboxylic acids is 1. The number of rotatable bonds is 7. The van der Waals surface area contributed by atoms with Gasteiger partial charge in [0.05, 0.1) is 0 Å². The fourth-order valence-corrected chi connectivity index (χ4v) is 0.939. The van der Waals surface area contributed by atoms with Crippen molar-refractivity contribution < 1.29 is 19.5 Å². The van der Waals surface area contributed by atoms with E-state index in [1.807, 2.05) is 0 Å². The van der Waals surface area contributed by atoms with Crippen LogP contribution in [0.3, 0.4) is 0 Å². The Morgan fingerprint density at radius 3 is 2.40 bits per heavy atom. The molecular formula is C9H16N2O4. The Bertz CT molecular complexity index is 252. The summed E-state index contributed by atoms with van der Waals surface area (Å²) < 4.78 is 0. The third kappa shape index (κ3) is 6.62. The highest BCUT2D eigenvalue weighted by atomic mass is 16.4. The molecule has 0 aromatic rings. The summed E-state index contributed by atoms with van der Waals surface area (Å²) in [5.41, 5.74) is 5.27. The van der Waals surface area contributed by atoms with Gasteiger partial charge >= 0.3 is 5.97 Å². The molecule has 0 bridgehead atoms. The summed E-state index contributed by atoms with van der Waals surface area (Å²) in [7, 11) is 0. The van der Waals surface area contributed by atoms with Crippen molar-refractivity contribution in [2.75, 3.05) is 6.54 Å². The van der Waals surface area contributed by atoms with Crippen LogP contribution in [0.2, 0.25) is 0 Å². The van der Waals surface area contributed by atoms with Gasteiger partial charge in [-0.05, 0) is 19.3 Å². The van der Waals surface area contributed by atoms with Crippen LogP contribution < -0.4 is 11.1 Å². The lowest BCUT2D eigenvalue weighted by Crippen LogP contribution is -2.31. The first-order valence-corrected chi connectivity index (χ1v) is 4.72. The number of aliphatic carboxylic acids is 1. The first-order chi connectivity index (χ1) is 6.95. The van der Waals surface area contributed by atoms with Crippen molar-refractivity contribution in [3.8, 4) is 0 Å². The molecule has 0 fully saturated rings. The Labute approximate surface area is 87.8 Å². The molecule has 1 amide bonds. The average molecular weight is 216 g/mol. The maximum Gasteiger partial charge on any atom is 0.320 e. The highest BCUT2D eigenvalue weighted by Gasteiger charge is 2.10. The molecule has 15 heavy (non-hydrogen) atoms. The van der Waals surface area contributed by atoms with Crippen LogP contribution in [0.15, 0.2) is 0 Å². The summed E-state index contributed by atoms with van der Waals surface area (Å²) in [6, 6.07) is -0.853. The number of carbonyl (C=O) groups excluding carboxylic acids is 2. The number of hydrogen-bond donors (Lipinski definition) is 3. The van der Waals surface area contributed by atoms with Crippen LogP contribution in [0.4, 0.5) is 0 Å². The third-order valence-electron chi connectivity index (χ3n) is 1.86. The lowest BCUT2D eigenvalue weighted by Gasteiger charge is -2.06. The molecule has 6 nitrogen and oxygen atoms in total. The van der Waals surface area contributed by atoms with Gasteiger partial charge in [-0.2, -0.15) is 0 Å². The van der Waals surface area contributed by atoms with Crippen molar-refractivity contribution in [2.24, 2.45) is 5.73 Å². The van der Waals surface area contributed by atoms with Gasteiger partial charge in [0.15, 0.2) is 0 Å². The second-order valence-electron chi connectivity index (χ2n) is 3.25. The zero-order chi connectivity index (χ0) is 11.8. The van der Waals surface area contributed by atoms with E-state index in [2.05, 4.69) is 5.32 Å². The molecule has 0 rings (SSSR count). The van der Waals surface area contributed by atoms with E-state index < -0.39 is 23.7 Å². The average Bonchev–Trinajstić information content (AvgIpc) is 2.16. The van der Waals surface area contributed by atoms with E-state index in [1.54, 1.807) is 0 Å². The molecule has 0 aromatic heterocycles. The van der Waals surface area contributed by atoms with Gasteiger partial charge in [0.25, 0.3) is 5.91 Å². The van der Waals surface area contributed by atoms with Gasteiger partial charge in [-0.15, -0.1) is 0 Å². The Kier molecular flexibility index (Phi) is 6.28. The van der Waals surface area contributed by atoms with Crippen LogP contribution in [0.5, 0.6) is 0 Å². The maximum absolute atomic E-state index is 10.8. The lowest BCUT2D eigenvalue weighted by molar-refractivity contribution is -0.138. The Balaban J connectivity index is 3.44. The van der Waals surface area contributed by atoms with E-state index in [-0.39, 0.29) is 0 Å². The summed E-state index contributed by atoms with van der Waals surface area (Å²) in [4.78, 5) is 31.6. The van der Waals surface area contributed by atoms with Gasteiger partial charge in [0.1, 0.15) is 6.04 Å². The molecule has 0 aliphatic rings. The van der Waals surface area contributed by atoms with E-state index in [0.29, 0.717) is 25.8 Å². The number of carbonyl (C=O) groups is 3. The molecule has 0 saturated heterocycles. The minimum atomic E-state index is -1.03. The van der Waals surface area contributed by atoms with Crippen molar-refractivity contribution >= 4 is 17.7 Å². The van der Waals surface area contributed by atoms with E-state index in [9.17, 15) is 14.4 Å². The second kappa shape index (κ2) is 6.94. The minimum absolute atomic E-state index is 0.366. The SMILES string of the molecule is CC(=O)C(=O)NCCCCC(N)C(=O)O. The van der Waals surface area contributed by atoms with Crippen LogP contribution in [-0.2, 0) is 14.4 Å². The van der Waals surface area contributed by atoms with Crippen molar-refractivity contribution in [1.82, 2.24) is 5.32 Å². The van der Waals surface area contributed by atoms with Crippen LogP contribution in [0.1, 0.15) is 26.2 Å². The van der Waals surface area contributed by atoms with Crippen LogP contribution in [0.25, 0.3) is 0 Å². The standard InChI is InChI=1S/C9H16N2O4/c1-6(12)8(13)11-5-3-2-4-7(10)9(14)15/h7H,2-5,10H2,1H3,(H,11,13)(H,14,15). The fraction of sp³-hybridized carbons (Fsp3) is 0.667. The van der Waals surface area contributed by atoms with E-state index in [4.69, 9.17) is 10.8 Å². The van der Waals surface area contributed by atoms with E-state index >= 15 is 0 Å². The number of ketones is 1. The van der Waals surface area contributed by atoms with Crippen LogP contribution >= 0.6 is 0 Å². The van der Waals surface area contributed by atoms with Gasteiger partial charge in [0, 0.05) is 13.5 Å². The van der Waals surface area contributed by atoms with Crippen molar-refractivity contribution in [1.29, 1.82) is 0 Å². The number of nitrogens with two attached hydrogens (primary N) is 1. The Morgan fingerprint density at radius 2 is 1.93 bits per heavy atom. The van der Waals surface area contributed by atoms with Gasteiger partial charge in [-0.3, -0.25) is 14.4 Å². The number of carboxylic acid groups (broad SMARTS) is 1. The third-order valence-corrected chi connectivity index (χ3v) is 1.86. The highest BCUT2D eigenvalue weighted by molar-refractivity contribution is 6.35. The van der Waals surface area contributed by atoms with Crippen molar-refractivity contribution in [2.45, 2.75) is 32.2 Å². The largest absolute Gasteiger partial charge is 0.480 e. The molecule has 86 valence electrons. The van der Waals surface area contributed by atoms with Gasteiger partial charge in [-0.1, -0.05) is 0 Å². The summed E-state index contributed by atoms with van der Waals surface area (Å²) in [5, 5.41) is 10.9. The first kappa shape index (κ1) is 13.6. The molecule has 0 radical (unpaired) electrons. The van der Waals surface area contributed by atoms with E-state index in [0.717, 1.165) is 0 Å². The van der Waals surface area contributed by atoms with Crippen molar-refractivity contribution in [3.05, 3.63) is 0 Å². The van der Waals surface area contributed by atoms with Crippen molar-refractivity contribution in [3.63, 3.8) is 0 Å². The molecule has 0 aliphatic carbocycles. The lowest BCUT2D eigenvalue weighted by atomic mass is 10.1. The molecule has 0 heterocycles. The molecular weight excluding hydrogens is 200 g/mol. The molecule has 0 saturated carbocycles. The topological polar surface area (TPSA) is 109 Å². The predicted octanol–water partition coefficient (Wildman–Crippen LogP) is -0.726. The maximum atomic E-state index is 10.8. The smallest absolute Gasteiger partial charge is 0.320 e. The fourth-order valence-electron chi connectivity index (χ4n) is 0.939. The predicted molar refractivity (Wildman–Crippen MR) is 53.2 cm³/mol. The van der Waals surface area contributed by atoms with Gasteiger partial charge < -0.3 is 16.2 Å². The summed E-state index contributed by atoms with van der Waals surface area (Å²) in [6.07, 6.45) is 1.58. The van der Waals surface area contributed by atoms with Crippen LogP contribution in [0, 0.1) is 0 Å². The second-order valence-corrected chi connectivity index (χ2v) is 3.25. The molecule has 0 aromatic carbocycles. The number of nitrogens with one attached hydrogen (secondary N) is 1. The van der Waals surface area contributed by atoms with Crippen LogP contribution in [-0.4, -0.2) is 35.4 Å². The first-order valence-electron chi connectivity index (χ1n) is 4.72. The normalized spacial score (nSPS) is 11.9. The number of hydrogen-bond acceptors (Lipinski definition) is 4. The molecule has 0 spiro atoms. The zero-order valence-electron chi connectivity index (χ0n) is 8.66. The number of amides is 1. The zero-order valence-corrected chi connectivity index (χ0v) is 8.66. The molecule has 4 N–H and O–H groups in total. The molecule has 0 aliphatic heterocycles. The Hall–Kier alpha value is -1.43. The highest BCUT2D eigenvalue weighted by Crippen LogP contribution is 1.98. The summed E-state index contributed by atoms with van der Waals surface area (Å²) >= 11 is 0. The summed E-state index contributed by atoms with van der Waals surface area (Å²) in [5.74, 6) is -2.17. The summed E-state index contributed by atoms with van der Waals surface area (Å²) in [6.45, 7) is 1.56. The van der Waals surface area contributed by atoms with Gasteiger partial charge in [-0.25, -0.2) is 0 Å².